The van der Waals surface area contributed by atoms with Gasteiger partial charge in [0.05, 0.1) is 12.7 Å². The molecule has 0 aromatic rings. The van der Waals surface area contributed by atoms with Gasteiger partial charge in [0.2, 0.25) is 0 Å². The minimum absolute atomic E-state index is 0.274. The third kappa shape index (κ3) is 6.25. The summed E-state index contributed by atoms with van der Waals surface area (Å²) in [6.07, 6.45) is 8.08. The van der Waals surface area contributed by atoms with Gasteiger partial charge in [-0.05, 0) is 31.2 Å². The molecule has 24 heavy (non-hydrogen) atoms. The zero-order valence-corrected chi connectivity index (χ0v) is 16.2. The molecule has 0 spiro atoms. The van der Waals surface area contributed by atoms with Crippen LogP contribution in [0.1, 0.15) is 59.3 Å². The summed E-state index contributed by atoms with van der Waals surface area (Å²) < 4.78 is 6.01. The van der Waals surface area contributed by atoms with Crippen molar-refractivity contribution in [2.24, 2.45) is 10.4 Å². The van der Waals surface area contributed by atoms with Crippen LogP contribution in [0.5, 0.6) is 0 Å². The Kier molecular flexibility index (Phi) is 7.82. The van der Waals surface area contributed by atoms with Gasteiger partial charge in [-0.25, -0.2) is 0 Å². The second-order valence-electron chi connectivity index (χ2n) is 8.17. The van der Waals surface area contributed by atoms with E-state index in [9.17, 15) is 0 Å². The smallest absolute Gasteiger partial charge is 0.191 e. The SMILES string of the molecule is CCCCCC(C)(C)CNC(=NC)NCC1CN2CCCC2CO1. The number of hydrogen-bond donors (Lipinski definition) is 2. The lowest BCUT2D eigenvalue weighted by Crippen LogP contribution is -2.52. The van der Waals surface area contributed by atoms with Crippen molar-refractivity contribution in [3.8, 4) is 0 Å². The Hall–Kier alpha value is -0.810. The molecule has 2 aliphatic heterocycles. The highest BCUT2D eigenvalue weighted by atomic mass is 16.5. The van der Waals surface area contributed by atoms with Gasteiger partial charge >= 0.3 is 0 Å². The van der Waals surface area contributed by atoms with Crippen molar-refractivity contribution >= 4 is 5.96 Å². The molecular weight excluding hydrogens is 300 g/mol. The minimum Gasteiger partial charge on any atom is -0.373 e. The Bertz CT molecular complexity index is 397. The molecule has 2 saturated heterocycles. The highest BCUT2D eigenvalue weighted by Crippen LogP contribution is 2.23. The quantitative estimate of drug-likeness (QED) is 0.406. The summed E-state index contributed by atoms with van der Waals surface area (Å²) in [5.41, 5.74) is 0.302. The van der Waals surface area contributed by atoms with Gasteiger partial charge in [0.1, 0.15) is 0 Å². The first-order valence-electron chi connectivity index (χ1n) is 9.84. The normalized spacial score (nSPS) is 25.6. The van der Waals surface area contributed by atoms with Gasteiger partial charge in [-0.15, -0.1) is 0 Å². The lowest BCUT2D eigenvalue weighted by Gasteiger charge is -2.35. The topological polar surface area (TPSA) is 48.9 Å². The predicted octanol–water partition coefficient (Wildman–Crippen LogP) is 2.62. The van der Waals surface area contributed by atoms with Crippen LogP contribution < -0.4 is 10.6 Å². The van der Waals surface area contributed by atoms with Crippen molar-refractivity contribution in [1.82, 2.24) is 15.5 Å². The number of guanidine groups is 1. The fourth-order valence-corrected chi connectivity index (χ4v) is 3.71. The molecule has 0 radical (unpaired) electrons. The van der Waals surface area contributed by atoms with Crippen molar-refractivity contribution in [3.05, 3.63) is 0 Å². The Labute approximate surface area is 148 Å². The third-order valence-electron chi connectivity index (χ3n) is 5.37. The van der Waals surface area contributed by atoms with Crippen molar-refractivity contribution < 1.29 is 4.74 Å². The van der Waals surface area contributed by atoms with Crippen molar-refractivity contribution in [1.29, 1.82) is 0 Å². The van der Waals surface area contributed by atoms with Gasteiger partial charge in [-0.2, -0.15) is 0 Å². The summed E-state index contributed by atoms with van der Waals surface area (Å²) in [4.78, 5) is 6.95. The molecule has 2 heterocycles. The molecule has 2 atom stereocenters. The standard InChI is InChI=1S/C19H38N4O/c1-5-6-7-10-19(2,3)15-22-18(20-4)21-12-17-13-23-11-8-9-16(23)14-24-17/h16-17H,5-15H2,1-4H3,(H2,20,21,22). The van der Waals surface area contributed by atoms with E-state index in [1.165, 1.54) is 45.1 Å². The van der Waals surface area contributed by atoms with E-state index in [0.717, 1.165) is 32.2 Å². The molecule has 5 nitrogen and oxygen atoms in total. The Balaban J connectivity index is 1.67. The van der Waals surface area contributed by atoms with Gasteiger partial charge in [-0.3, -0.25) is 9.89 Å². The van der Waals surface area contributed by atoms with Crippen LogP contribution in [-0.2, 0) is 4.74 Å². The molecule has 0 aliphatic carbocycles. The van der Waals surface area contributed by atoms with Crippen LogP contribution in [0.25, 0.3) is 0 Å². The monoisotopic (exact) mass is 338 g/mol. The molecule has 0 bridgehead atoms. The number of morpholine rings is 1. The van der Waals surface area contributed by atoms with Crippen molar-refractivity contribution in [2.75, 3.05) is 39.8 Å². The predicted molar refractivity (Wildman–Crippen MR) is 102 cm³/mol. The zero-order valence-electron chi connectivity index (χ0n) is 16.2. The number of aliphatic imine (C=N–C) groups is 1. The molecule has 0 saturated carbocycles. The van der Waals surface area contributed by atoms with Gasteiger partial charge in [0.15, 0.2) is 5.96 Å². The van der Waals surface area contributed by atoms with E-state index >= 15 is 0 Å². The molecule has 2 rings (SSSR count). The maximum atomic E-state index is 6.01. The number of hydrogen-bond acceptors (Lipinski definition) is 3. The zero-order chi connectivity index (χ0) is 17.4. The lowest BCUT2D eigenvalue weighted by molar-refractivity contribution is -0.0453. The number of ether oxygens (including phenoxy) is 1. The molecule has 2 fully saturated rings. The van der Waals surface area contributed by atoms with Crippen molar-refractivity contribution in [3.63, 3.8) is 0 Å². The summed E-state index contributed by atoms with van der Waals surface area (Å²) >= 11 is 0. The van der Waals surface area contributed by atoms with Gasteiger partial charge in [0, 0.05) is 32.7 Å². The lowest BCUT2D eigenvalue weighted by atomic mass is 9.87. The second kappa shape index (κ2) is 9.62. The minimum atomic E-state index is 0.274. The van der Waals surface area contributed by atoms with E-state index < -0.39 is 0 Å². The van der Waals surface area contributed by atoms with Crippen molar-refractivity contribution in [2.45, 2.75) is 71.4 Å². The number of fused-ring (bicyclic) bond motifs is 1. The van der Waals surface area contributed by atoms with Crippen LogP contribution in [-0.4, -0.2) is 62.8 Å². The molecule has 0 aromatic heterocycles. The summed E-state index contributed by atoms with van der Waals surface area (Å²) in [6.45, 7) is 11.9. The molecule has 2 N–H and O–H groups in total. The highest BCUT2D eigenvalue weighted by molar-refractivity contribution is 5.79. The van der Waals surface area contributed by atoms with Crippen LogP contribution >= 0.6 is 0 Å². The van der Waals surface area contributed by atoms with E-state index in [4.69, 9.17) is 4.74 Å². The van der Waals surface area contributed by atoms with E-state index in [-0.39, 0.29) is 6.10 Å². The van der Waals surface area contributed by atoms with Gasteiger partial charge in [-0.1, -0.05) is 40.0 Å². The molecular formula is C19H38N4O. The summed E-state index contributed by atoms with van der Waals surface area (Å²) in [6, 6.07) is 0.669. The van der Waals surface area contributed by atoms with Crippen LogP contribution in [0, 0.1) is 5.41 Å². The molecule has 2 unspecified atom stereocenters. The van der Waals surface area contributed by atoms with Gasteiger partial charge < -0.3 is 15.4 Å². The fraction of sp³-hybridized carbons (Fsp3) is 0.947. The van der Waals surface area contributed by atoms with Crippen LogP contribution in [0.4, 0.5) is 0 Å². The highest BCUT2D eigenvalue weighted by Gasteiger charge is 2.32. The number of nitrogens with zero attached hydrogens (tertiary/aromatic N) is 2. The average Bonchev–Trinajstić information content (AvgIpc) is 3.03. The Morgan fingerprint density at radius 1 is 1.29 bits per heavy atom. The van der Waals surface area contributed by atoms with E-state index in [1.807, 2.05) is 7.05 Å². The Morgan fingerprint density at radius 3 is 2.88 bits per heavy atom. The summed E-state index contributed by atoms with van der Waals surface area (Å²) in [5, 5.41) is 6.94. The maximum Gasteiger partial charge on any atom is 0.191 e. The van der Waals surface area contributed by atoms with E-state index in [1.54, 1.807) is 0 Å². The first-order valence-corrected chi connectivity index (χ1v) is 9.84. The second-order valence-corrected chi connectivity index (χ2v) is 8.17. The van der Waals surface area contributed by atoms with E-state index in [0.29, 0.717) is 11.5 Å². The number of nitrogens with one attached hydrogen (secondary N) is 2. The fourth-order valence-electron chi connectivity index (χ4n) is 3.71. The largest absolute Gasteiger partial charge is 0.373 e. The third-order valence-corrected chi connectivity index (χ3v) is 5.37. The molecule has 2 aliphatic rings. The molecule has 0 amide bonds. The average molecular weight is 339 g/mol. The maximum absolute atomic E-state index is 6.01. The first-order chi connectivity index (χ1) is 11.5. The van der Waals surface area contributed by atoms with E-state index in [2.05, 4.69) is 41.3 Å². The number of rotatable bonds is 8. The molecule has 0 aromatic carbocycles. The number of unbranched alkanes of at least 4 members (excludes halogenated alkanes) is 2. The van der Waals surface area contributed by atoms with Gasteiger partial charge in [0.25, 0.3) is 0 Å². The first kappa shape index (κ1) is 19.5. The molecule has 140 valence electrons. The summed E-state index contributed by atoms with van der Waals surface area (Å²) in [7, 11) is 1.84. The molecule has 5 heteroatoms. The van der Waals surface area contributed by atoms with Crippen LogP contribution in [0.3, 0.4) is 0 Å². The van der Waals surface area contributed by atoms with Crippen LogP contribution in [0.2, 0.25) is 0 Å². The Morgan fingerprint density at radius 2 is 2.12 bits per heavy atom. The summed E-state index contributed by atoms with van der Waals surface area (Å²) in [5.74, 6) is 0.894. The van der Waals surface area contributed by atoms with Crippen LogP contribution in [0.15, 0.2) is 4.99 Å².